The van der Waals surface area contributed by atoms with Crippen molar-refractivity contribution in [1.29, 1.82) is 0 Å². The van der Waals surface area contributed by atoms with Gasteiger partial charge in [0.15, 0.2) is 0 Å². The highest BCUT2D eigenvalue weighted by Gasteiger charge is 2.11. The Morgan fingerprint density at radius 1 is 1.47 bits per heavy atom. The highest BCUT2D eigenvalue weighted by atomic mass is 79.9. The molecule has 0 unspecified atom stereocenters. The molecule has 1 rings (SSSR count). The molecule has 2 N–H and O–H groups in total. The number of esters is 1. The van der Waals surface area contributed by atoms with Gasteiger partial charge in [-0.15, -0.1) is 0 Å². The van der Waals surface area contributed by atoms with Gasteiger partial charge < -0.3 is 10.5 Å². The number of carbonyl (C=O) groups is 1. The number of hydrogen-bond donors (Lipinski definition) is 1. The SMILES string of the molecule is CCOC(=O)Cc1ccc(Br)c(N)c1Br. The minimum absolute atomic E-state index is 0.228. The molecule has 0 saturated heterocycles. The van der Waals surface area contributed by atoms with Gasteiger partial charge in [-0.1, -0.05) is 6.07 Å². The van der Waals surface area contributed by atoms with Crippen LogP contribution in [0.15, 0.2) is 21.1 Å². The molecule has 0 aliphatic rings. The predicted octanol–water partition coefficient (Wildman–Crippen LogP) is 2.90. The molecule has 0 aliphatic heterocycles. The van der Waals surface area contributed by atoms with Gasteiger partial charge in [0.05, 0.1) is 18.7 Å². The summed E-state index contributed by atoms with van der Waals surface area (Å²) in [7, 11) is 0. The molecule has 0 aromatic heterocycles. The van der Waals surface area contributed by atoms with E-state index in [9.17, 15) is 4.79 Å². The molecule has 1 aromatic rings. The molecule has 0 fully saturated rings. The molecule has 15 heavy (non-hydrogen) atoms. The van der Waals surface area contributed by atoms with Crippen LogP contribution in [0.2, 0.25) is 0 Å². The molecule has 82 valence electrons. The number of ether oxygens (including phenoxy) is 1. The van der Waals surface area contributed by atoms with E-state index in [1.807, 2.05) is 12.1 Å². The van der Waals surface area contributed by atoms with Crippen LogP contribution in [0.25, 0.3) is 0 Å². The quantitative estimate of drug-likeness (QED) is 0.682. The average Bonchev–Trinajstić information content (AvgIpc) is 2.20. The van der Waals surface area contributed by atoms with E-state index in [2.05, 4.69) is 31.9 Å². The number of hydrogen-bond acceptors (Lipinski definition) is 3. The van der Waals surface area contributed by atoms with Crippen LogP contribution in [0.5, 0.6) is 0 Å². The Morgan fingerprint density at radius 2 is 2.13 bits per heavy atom. The zero-order chi connectivity index (χ0) is 11.4. The van der Waals surface area contributed by atoms with Crippen molar-refractivity contribution in [3.05, 3.63) is 26.6 Å². The first-order valence-electron chi connectivity index (χ1n) is 4.44. The van der Waals surface area contributed by atoms with Gasteiger partial charge in [0.1, 0.15) is 0 Å². The molecule has 0 atom stereocenters. The number of rotatable bonds is 3. The maximum absolute atomic E-state index is 11.3. The number of benzene rings is 1. The largest absolute Gasteiger partial charge is 0.466 e. The Bertz CT molecular complexity index is 380. The monoisotopic (exact) mass is 335 g/mol. The molecule has 0 bridgehead atoms. The third-order valence-corrected chi connectivity index (χ3v) is 3.47. The highest BCUT2D eigenvalue weighted by Crippen LogP contribution is 2.31. The minimum Gasteiger partial charge on any atom is -0.466 e. The smallest absolute Gasteiger partial charge is 0.310 e. The summed E-state index contributed by atoms with van der Waals surface area (Å²) >= 11 is 6.65. The van der Waals surface area contributed by atoms with Crippen LogP contribution in [0.3, 0.4) is 0 Å². The van der Waals surface area contributed by atoms with Gasteiger partial charge in [0.25, 0.3) is 0 Å². The molecule has 0 saturated carbocycles. The minimum atomic E-state index is -0.250. The first-order valence-corrected chi connectivity index (χ1v) is 6.02. The summed E-state index contributed by atoms with van der Waals surface area (Å²) in [6.07, 6.45) is 0.228. The Kier molecular flexibility index (Phi) is 4.60. The molecule has 0 spiro atoms. The Balaban J connectivity index is 2.87. The molecule has 1 aromatic carbocycles. The zero-order valence-electron chi connectivity index (χ0n) is 8.22. The van der Waals surface area contributed by atoms with Crippen LogP contribution in [-0.2, 0) is 16.0 Å². The third-order valence-electron chi connectivity index (χ3n) is 1.85. The van der Waals surface area contributed by atoms with Crippen molar-refractivity contribution in [2.24, 2.45) is 0 Å². The van der Waals surface area contributed by atoms with Crippen LogP contribution in [-0.4, -0.2) is 12.6 Å². The normalized spacial score (nSPS) is 10.1. The van der Waals surface area contributed by atoms with Crippen LogP contribution in [0.4, 0.5) is 5.69 Å². The van der Waals surface area contributed by atoms with Crippen molar-refractivity contribution in [1.82, 2.24) is 0 Å². The summed E-state index contributed by atoms with van der Waals surface area (Å²) in [5, 5.41) is 0. The molecule has 3 nitrogen and oxygen atoms in total. The fourth-order valence-electron chi connectivity index (χ4n) is 1.12. The first kappa shape index (κ1) is 12.5. The number of nitrogens with two attached hydrogens (primary N) is 1. The van der Waals surface area contributed by atoms with E-state index < -0.39 is 0 Å². The van der Waals surface area contributed by atoms with Gasteiger partial charge in [-0.05, 0) is 50.4 Å². The van der Waals surface area contributed by atoms with Crippen LogP contribution >= 0.6 is 31.9 Å². The van der Waals surface area contributed by atoms with Crippen LogP contribution in [0.1, 0.15) is 12.5 Å². The van der Waals surface area contributed by atoms with Gasteiger partial charge in [-0.25, -0.2) is 0 Å². The number of carbonyl (C=O) groups excluding carboxylic acids is 1. The van der Waals surface area contributed by atoms with Gasteiger partial charge in [0.2, 0.25) is 0 Å². The summed E-state index contributed by atoms with van der Waals surface area (Å²) in [5.41, 5.74) is 7.21. The molecule has 0 aliphatic carbocycles. The second-order valence-corrected chi connectivity index (χ2v) is 4.56. The van der Waals surface area contributed by atoms with Crippen LogP contribution in [0, 0.1) is 0 Å². The van der Waals surface area contributed by atoms with E-state index in [0.717, 1.165) is 14.5 Å². The number of nitrogen functional groups attached to an aromatic ring is 1. The molecule has 0 radical (unpaired) electrons. The van der Waals surface area contributed by atoms with Gasteiger partial charge in [-0.2, -0.15) is 0 Å². The van der Waals surface area contributed by atoms with E-state index in [1.165, 1.54) is 0 Å². The molecule has 0 amide bonds. The van der Waals surface area contributed by atoms with Crippen molar-refractivity contribution in [3.8, 4) is 0 Å². The van der Waals surface area contributed by atoms with Crippen molar-refractivity contribution in [2.45, 2.75) is 13.3 Å². The summed E-state index contributed by atoms with van der Waals surface area (Å²) in [6, 6.07) is 3.65. The summed E-state index contributed by atoms with van der Waals surface area (Å²) < 4.78 is 6.41. The second kappa shape index (κ2) is 5.51. The van der Waals surface area contributed by atoms with E-state index in [-0.39, 0.29) is 12.4 Å². The Hall–Kier alpha value is -0.550. The molecule has 0 heterocycles. The predicted molar refractivity (Wildman–Crippen MR) is 66.6 cm³/mol. The third kappa shape index (κ3) is 3.21. The highest BCUT2D eigenvalue weighted by molar-refractivity contribution is 9.11. The van der Waals surface area contributed by atoms with Crippen LogP contribution < -0.4 is 5.73 Å². The Morgan fingerprint density at radius 3 is 2.73 bits per heavy atom. The van der Waals surface area contributed by atoms with E-state index in [0.29, 0.717) is 12.3 Å². The standard InChI is InChI=1S/C10H11Br2NO2/c1-2-15-8(14)5-6-3-4-7(11)10(13)9(6)12/h3-4H,2,5,13H2,1H3. The summed E-state index contributed by atoms with van der Waals surface area (Å²) in [5.74, 6) is -0.250. The van der Waals surface area contributed by atoms with Gasteiger partial charge in [-0.3, -0.25) is 4.79 Å². The molecule has 5 heteroatoms. The fraction of sp³-hybridized carbons (Fsp3) is 0.300. The Labute approximate surface area is 105 Å². The first-order chi connectivity index (χ1) is 7.06. The number of anilines is 1. The average molecular weight is 337 g/mol. The fourth-order valence-corrected chi connectivity index (χ4v) is 2.20. The summed E-state index contributed by atoms with van der Waals surface area (Å²) in [4.78, 5) is 11.3. The maximum atomic E-state index is 11.3. The lowest BCUT2D eigenvalue weighted by atomic mass is 10.1. The zero-order valence-corrected chi connectivity index (χ0v) is 11.4. The van der Waals surface area contributed by atoms with E-state index in [1.54, 1.807) is 6.92 Å². The topological polar surface area (TPSA) is 52.3 Å². The van der Waals surface area contributed by atoms with Gasteiger partial charge in [0, 0.05) is 8.95 Å². The lowest BCUT2D eigenvalue weighted by Crippen LogP contribution is -2.08. The van der Waals surface area contributed by atoms with Crippen molar-refractivity contribution in [2.75, 3.05) is 12.3 Å². The van der Waals surface area contributed by atoms with Gasteiger partial charge >= 0.3 is 5.97 Å². The second-order valence-electron chi connectivity index (χ2n) is 2.92. The maximum Gasteiger partial charge on any atom is 0.310 e. The number of halogens is 2. The molecular weight excluding hydrogens is 326 g/mol. The van der Waals surface area contributed by atoms with Crippen molar-refractivity contribution in [3.63, 3.8) is 0 Å². The lowest BCUT2D eigenvalue weighted by molar-refractivity contribution is -0.142. The lowest BCUT2D eigenvalue weighted by Gasteiger charge is -2.08. The molecular formula is C10H11Br2NO2. The van der Waals surface area contributed by atoms with E-state index in [4.69, 9.17) is 10.5 Å². The van der Waals surface area contributed by atoms with Crippen molar-refractivity contribution >= 4 is 43.5 Å². The van der Waals surface area contributed by atoms with Crippen molar-refractivity contribution < 1.29 is 9.53 Å². The summed E-state index contributed by atoms with van der Waals surface area (Å²) in [6.45, 7) is 2.17. The van der Waals surface area contributed by atoms with E-state index >= 15 is 0 Å².